The van der Waals surface area contributed by atoms with Gasteiger partial charge in [-0.25, -0.2) is 4.39 Å². The van der Waals surface area contributed by atoms with Crippen molar-refractivity contribution < 1.29 is 14.0 Å². The van der Waals surface area contributed by atoms with Crippen molar-refractivity contribution in [2.45, 2.75) is 12.6 Å². The number of rotatable bonds is 7. The molecule has 2 N–H and O–H groups in total. The molecule has 176 valence electrons. The van der Waals surface area contributed by atoms with Gasteiger partial charge < -0.3 is 10.6 Å². The minimum atomic E-state index is -0.830. The first-order valence-electron chi connectivity index (χ1n) is 11.3. The summed E-state index contributed by atoms with van der Waals surface area (Å²) < 4.78 is 13.3. The molecule has 2 heterocycles. The van der Waals surface area contributed by atoms with E-state index in [0.717, 1.165) is 38.3 Å². The highest BCUT2D eigenvalue weighted by Gasteiger charge is 2.26. The van der Waals surface area contributed by atoms with Crippen molar-refractivity contribution in [2.75, 3.05) is 38.0 Å². The second kappa shape index (κ2) is 11.5. The molecule has 2 aromatic carbocycles. The van der Waals surface area contributed by atoms with Crippen molar-refractivity contribution >= 4 is 17.5 Å². The molecule has 1 saturated heterocycles. The van der Waals surface area contributed by atoms with E-state index in [1.54, 1.807) is 12.4 Å². The van der Waals surface area contributed by atoms with Crippen LogP contribution < -0.4 is 10.6 Å². The number of carbonyl (C=O) groups excluding carboxylic acids is 2. The van der Waals surface area contributed by atoms with E-state index in [1.807, 2.05) is 18.2 Å². The molecule has 1 atom stereocenters. The average molecular weight is 462 g/mol. The van der Waals surface area contributed by atoms with Crippen LogP contribution in [0.15, 0.2) is 79.1 Å². The van der Waals surface area contributed by atoms with Crippen LogP contribution in [-0.2, 0) is 16.1 Å². The van der Waals surface area contributed by atoms with Gasteiger partial charge in [-0.15, -0.1) is 0 Å². The molecule has 0 radical (unpaired) electrons. The zero-order chi connectivity index (χ0) is 23.8. The molecule has 2 amide bonds. The van der Waals surface area contributed by atoms with Gasteiger partial charge in [0.05, 0.1) is 6.04 Å². The van der Waals surface area contributed by atoms with Gasteiger partial charge in [0.1, 0.15) is 5.82 Å². The number of anilines is 1. The van der Waals surface area contributed by atoms with Crippen molar-refractivity contribution in [3.05, 3.63) is 96.1 Å². The third kappa shape index (κ3) is 6.46. The largest absolute Gasteiger partial charge is 0.346 e. The van der Waals surface area contributed by atoms with Crippen LogP contribution in [0, 0.1) is 5.82 Å². The molecule has 4 rings (SSSR count). The number of benzene rings is 2. The first-order valence-corrected chi connectivity index (χ1v) is 11.3. The SMILES string of the molecule is O=C(NC[C@@H](c1cccnc1)N1CCN(Cc2ccccc2)CC1)C(=O)Nc1cccc(F)c1. The fourth-order valence-corrected chi connectivity index (χ4v) is 4.13. The lowest BCUT2D eigenvalue weighted by Gasteiger charge is -2.39. The Labute approximate surface area is 198 Å². The van der Waals surface area contributed by atoms with E-state index >= 15 is 0 Å². The maximum absolute atomic E-state index is 13.3. The monoisotopic (exact) mass is 461 g/mol. The van der Waals surface area contributed by atoms with Crippen LogP contribution in [0.5, 0.6) is 0 Å². The summed E-state index contributed by atoms with van der Waals surface area (Å²) in [5.74, 6) is -2.08. The summed E-state index contributed by atoms with van der Waals surface area (Å²) in [5.41, 5.74) is 2.50. The number of piperazine rings is 1. The van der Waals surface area contributed by atoms with E-state index in [0.29, 0.717) is 0 Å². The van der Waals surface area contributed by atoms with Gasteiger partial charge in [-0.3, -0.25) is 24.4 Å². The molecule has 1 aliphatic rings. The fourth-order valence-electron chi connectivity index (χ4n) is 4.13. The van der Waals surface area contributed by atoms with Gasteiger partial charge in [0.25, 0.3) is 0 Å². The molecule has 0 spiro atoms. The van der Waals surface area contributed by atoms with E-state index in [-0.39, 0.29) is 18.3 Å². The molecule has 0 unspecified atom stereocenters. The number of halogens is 1. The Hall–Kier alpha value is -3.62. The van der Waals surface area contributed by atoms with Crippen LogP contribution in [0.1, 0.15) is 17.2 Å². The first-order chi connectivity index (χ1) is 16.6. The molecule has 0 saturated carbocycles. The second-order valence-electron chi connectivity index (χ2n) is 8.27. The van der Waals surface area contributed by atoms with Gasteiger partial charge in [-0.1, -0.05) is 42.5 Å². The van der Waals surface area contributed by atoms with Gasteiger partial charge in [0, 0.05) is 57.3 Å². The predicted octanol–water partition coefficient (Wildman–Crippen LogP) is 2.83. The number of carbonyl (C=O) groups is 2. The van der Waals surface area contributed by atoms with Crippen molar-refractivity contribution in [3.8, 4) is 0 Å². The van der Waals surface area contributed by atoms with Crippen LogP contribution >= 0.6 is 0 Å². The Balaban J connectivity index is 1.35. The minimum Gasteiger partial charge on any atom is -0.346 e. The standard InChI is InChI=1S/C26H28FN5O2/c27-22-9-4-10-23(16-22)30-26(34)25(33)29-18-24(21-8-5-11-28-17-21)32-14-12-31(13-15-32)19-20-6-2-1-3-7-20/h1-11,16-17,24H,12-15,18-19H2,(H,29,33)(H,30,34)/t24-/m0/s1. The smallest absolute Gasteiger partial charge is 0.313 e. The van der Waals surface area contributed by atoms with E-state index in [1.165, 1.54) is 29.8 Å². The van der Waals surface area contributed by atoms with Gasteiger partial charge in [0.15, 0.2) is 0 Å². The van der Waals surface area contributed by atoms with Gasteiger partial charge >= 0.3 is 11.8 Å². The van der Waals surface area contributed by atoms with Crippen LogP contribution in [0.2, 0.25) is 0 Å². The molecule has 3 aromatic rings. The number of nitrogens with zero attached hydrogens (tertiary/aromatic N) is 3. The Morgan fingerprint density at radius 3 is 2.44 bits per heavy atom. The predicted molar refractivity (Wildman–Crippen MR) is 128 cm³/mol. The molecular formula is C26H28FN5O2. The van der Waals surface area contributed by atoms with Gasteiger partial charge in [-0.2, -0.15) is 0 Å². The maximum atomic E-state index is 13.3. The molecule has 8 heteroatoms. The third-order valence-electron chi connectivity index (χ3n) is 5.91. The quantitative estimate of drug-likeness (QED) is 0.529. The van der Waals surface area contributed by atoms with Crippen molar-refractivity contribution in [3.63, 3.8) is 0 Å². The Kier molecular flexibility index (Phi) is 7.95. The number of nitrogens with one attached hydrogen (secondary N) is 2. The third-order valence-corrected chi connectivity index (χ3v) is 5.91. The summed E-state index contributed by atoms with van der Waals surface area (Å²) in [6.45, 7) is 4.64. The maximum Gasteiger partial charge on any atom is 0.313 e. The minimum absolute atomic E-state index is 0.113. The number of aromatic nitrogens is 1. The zero-order valence-electron chi connectivity index (χ0n) is 18.9. The van der Waals surface area contributed by atoms with Crippen LogP contribution in [0.4, 0.5) is 10.1 Å². The molecule has 0 bridgehead atoms. The van der Waals surface area contributed by atoms with Crippen LogP contribution in [-0.4, -0.2) is 59.3 Å². The first kappa shape index (κ1) is 23.5. The normalized spacial score (nSPS) is 15.4. The Morgan fingerprint density at radius 1 is 0.941 bits per heavy atom. The second-order valence-corrected chi connectivity index (χ2v) is 8.27. The molecule has 1 fully saturated rings. The highest BCUT2D eigenvalue weighted by atomic mass is 19.1. The van der Waals surface area contributed by atoms with Crippen LogP contribution in [0.3, 0.4) is 0 Å². The van der Waals surface area contributed by atoms with E-state index in [2.05, 4.69) is 49.7 Å². The highest BCUT2D eigenvalue weighted by Crippen LogP contribution is 2.22. The Morgan fingerprint density at radius 2 is 1.74 bits per heavy atom. The Bertz CT molecular complexity index is 1090. The summed E-state index contributed by atoms with van der Waals surface area (Å²) in [4.78, 5) is 33.7. The lowest BCUT2D eigenvalue weighted by Crippen LogP contribution is -2.50. The lowest BCUT2D eigenvalue weighted by atomic mass is 10.1. The average Bonchev–Trinajstić information content (AvgIpc) is 2.86. The molecule has 0 aliphatic carbocycles. The van der Waals surface area contributed by atoms with Crippen molar-refractivity contribution in [2.24, 2.45) is 0 Å². The topological polar surface area (TPSA) is 77.6 Å². The molecule has 1 aliphatic heterocycles. The highest BCUT2D eigenvalue weighted by molar-refractivity contribution is 6.39. The van der Waals surface area contributed by atoms with Crippen molar-refractivity contribution in [1.82, 2.24) is 20.1 Å². The van der Waals surface area contributed by atoms with E-state index in [9.17, 15) is 14.0 Å². The number of hydrogen-bond donors (Lipinski definition) is 2. The number of pyridine rings is 1. The number of amides is 2. The summed E-state index contributed by atoms with van der Waals surface area (Å²) in [5, 5.41) is 5.17. The van der Waals surface area contributed by atoms with E-state index in [4.69, 9.17) is 0 Å². The van der Waals surface area contributed by atoms with Gasteiger partial charge in [-0.05, 0) is 35.4 Å². The molecule has 7 nitrogen and oxygen atoms in total. The van der Waals surface area contributed by atoms with E-state index < -0.39 is 17.6 Å². The van der Waals surface area contributed by atoms with Gasteiger partial charge in [0.2, 0.25) is 0 Å². The number of hydrogen-bond acceptors (Lipinski definition) is 5. The van der Waals surface area contributed by atoms with Crippen LogP contribution in [0.25, 0.3) is 0 Å². The fraction of sp³-hybridized carbons (Fsp3) is 0.269. The summed E-state index contributed by atoms with van der Waals surface area (Å²) in [6.07, 6.45) is 3.50. The zero-order valence-corrected chi connectivity index (χ0v) is 18.9. The summed E-state index contributed by atoms with van der Waals surface area (Å²) in [6, 6.07) is 19.6. The molecule has 1 aromatic heterocycles. The molecule has 34 heavy (non-hydrogen) atoms. The van der Waals surface area contributed by atoms with Crippen molar-refractivity contribution in [1.29, 1.82) is 0 Å². The lowest BCUT2D eigenvalue weighted by molar-refractivity contribution is -0.136. The summed E-state index contributed by atoms with van der Waals surface area (Å²) >= 11 is 0. The summed E-state index contributed by atoms with van der Waals surface area (Å²) in [7, 11) is 0. The molecular weight excluding hydrogens is 433 g/mol.